The molecule has 0 bridgehead atoms. The van der Waals surface area contributed by atoms with Gasteiger partial charge in [0.2, 0.25) is 0 Å². The first-order valence-corrected chi connectivity index (χ1v) is 7.85. The lowest BCUT2D eigenvalue weighted by atomic mass is 9.70. The van der Waals surface area contributed by atoms with Crippen LogP contribution >= 0.6 is 0 Å². The lowest BCUT2D eigenvalue weighted by Gasteiger charge is -2.39. The zero-order valence-electron chi connectivity index (χ0n) is 13.4. The van der Waals surface area contributed by atoms with Gasteiger partial charge in [-0.2, -0.15) is 0 Å². The molecule has 1 aliphatic carbocycles. The first-order chi connectivity index (χ1) is 9.90. The Hall–Kier alpha value is -1.00. The Kier molecular flexibility index (Phi) is 4.99. The van der Waals surface area contributed by atoms with E-state index < -0.39 is 5.79 Å². The maximum atomic E-state index is 12.0. The van der Waals surface area contributed by atoms with Crippen molar-refractivity contribution in [2.75, 3.05) is 13.2 Å². The minimum Gasteiger partial charge on any atom is -0.349 e. The Morgan fingerprint density at radius 1 is 1.24 bits per heavy atom. The van der Waals surface area contributed by atoms with Gasteiger partial charge in [0.25, 0.3) is 0 Å². The van der Waals surface area contributed by atoms with E-state index in [9.17, 15) is 9.59 Å². The van der Waals surface area contributed by atoms with Gasteiger partial charge in [-0.1, -0.05) is 19.4 Å². The molecule has 4 nitrogen and oxygen atoms in total. The Morgan fingerprint density at radius 2 is 1.90 bits per heavy atom. The van der Waals surface area contributed by atoms with E-state index in [1.807, 2.05) is 6.92 Å². The van der Waals surface area contributed by atoms with Crippen molar-refractivity contribution in [3.05, 3.63) is 11.1 Å². The van der Waals surface area contributed by atoms with Gasteiger partial charge < -0.3 is 14.3 Å². The summed E-state index contributed by atoms with van der Waals surface area (Å²) >= 11 is 0. The molecule has 0 amide bonds. The monoisotopic (exact) mass is 294 g/mol. The van der Waals surface area contributed by atoms with Gasteiger partial charge in [0, 0.05) is 12.8 Å². The standard InChI is InChI=1S/C17H26O4/c1-13-14(16(2,3)7-6-15(13)19)5-8-17(9-10-18)20-11-4-12-21-17/h10H,4-9,11-12H2,1-3H3. The molecule has 4 heteroatoms. The Bertz CT molecular complexity index is 442. The molecule has 2 rings (SSSR count). The second-order valence-electron chi connectivity index (χ2n) is 6.74. The molecule has 0 unspecified atom stereocenters. The molecule has 1 saturated heterocycles. The molecule has 1 heterocycles. The van der Waals surface area contributed by atoms with Crippen LogP contribution < -0.4 is 0 Å². The summed E-state index contributed by atoms with van der Waals surface area (Å²) in [5.74, 6) is -0.539. The first kappa shape index (κ1) is 16.4. The van der Waals surface area contributed by atoms with Crippen molar-refractivity contribution in [2.45, 2.75) is 65.1 Å². The summed E-state index contributed by atoms with van der Waals surface area (Å²) in [7, 11) is 0. The van der Waals surface area contributed by atoms with Gasteiger partial charge in [-0.25, -0.2) is 0 Å². The Morgan fingerprint density at radius 3 is 2.52 bits per heavy atom. The van der Waals surface area contributed by atoms with Gasteiger partial charge >= 0.3 is 0 Å². The summed E-state index contributed by atoms with van der Waals surface area (Å²) in [6.07, 6.45) is 4.90. The third kappa shape index (κ3) is 3.61. The average molecular weight is 294 g/mol. The third-order valence-corrected chi connectivity index (χ3v) is 4.83. The molecule has 118 valence electrons. The van der Waals surface area contributed by atoms with Gasteiger partial charge in [0.15, 0.2) is 11.6 Å². The van der Waals surface area contributed by atoms with Gasteiger partial charge in [0.1, 0.15) is 6.29 Å². The van der Waals surface area contributed by atoms with Crippen LogP contribution in [0.25, 0.3) is 0 Å². The van der Waals surface area contributed by atoms with Gasteiger partial charge in [-0.3, -0.25) is 4.79 Å². The number of ether oxygens (including phenoxy) is 2. The predicted molar refractivity (Wildman–Crippen MR) is 79.9 cm³/mol. The Labute approximate surface area is 126 Å². The number of hydrogen-bond donors (Lipinski definition) is 0. The molecule has 1 fully saturated rings. The van der Waals surface area contributed by atoms with Crippen molar-refractivity contribution in [3.63, 3.8) is 0 Å². The van der Waals surface area contributed by atoms with Crippen LogP contribution in [0.4, 0.5) is 0 Å². The summed E-state index contributed by atoms with van der Waals surface area (Å²) < 4.78 is 11.5. The fourth-order valence-electron chi connectivity index (χ4n) is 3.39. The van der Waals surface area contributed by atoms with Crippen molar-refractivity contribution in [3.8, 4) is 0 Å². The average Bonchev–Trinajstić information content (AvgIpc) is 2.44. The van der Waals surface area contributed by atoms with E-state index >= 15 is 0 Å². The molecule has 0 aromatic carbocycles. The van der Waals surface area contributed by atoms with Crippen molar-refractivity contribution in [2.24, 2.45) is 5.41 Å². The van der Waals surface area contributed by atoms with Crippen LogP contribution in [0.15, 0.2) is 11.1 Å². The van der Waals surface area contributed by atoms with Crippen molar-refractivity contribution in [1.29, 1.82) is 0 Å². The number of rotatable bonds is 5. The quantitative estimate of drug-likeness (QED) is 0.731. The number of carbonyl (C=O) groups excluding carboxylic acids is 2. The van der Waals surface area contributed by atoms with Gasteiger partial charge in [-0.15, -0.1) is 0 Å². The number of hydrogen-bond acceptors (Lipinski definition) is 4. The number of Topliss-reactive ketones (excluding diaryl/α,β-unsaturated/α-hetero) is 1. The molecule has 0 spiro atoms. The van der Waals surface area contributed by atoms with Crippen molar-refractivity contribution >= 4 is 12.1 Å². The summed E-state index contributed by atoms with van der Waals surface area (Å²) in [6, 6.07) is 0. The number of allylic oxidation sites excluding steroid dienone is 2. The maximum Gasteiger partial charge on any atom is 0.175 e. The third-order valence-electron chi connectivity index (χ3n) is 4.83. The highest BCUT2D eigenvalue weighted by molar-refractivity contribution is 5.96. The molecular weight excluding hydrogens is 268 g/mol. The second-order valence-corrected chi connectivity index (χ2v) is 6.74. The van der Waals surface area contributed by atoms with Crippen LogP contribution in [-0.2, 0) is 19.1 Å². The maximum absolute atomic E-state index is 12.0. The van der Waals surface area contributed by atoms with Crippen LogP contribution in [0.1, 0.15) is 59.3 Å². The summed E-state index contributed by atoms with van der Waals surface area (Å²) in [5, 5.41) is 0. The molecule has 0 atom stereocenters. The summed E-state index contributed by atoms with van der Waals surface area (Å²) in [4.78, 5) is 22.9. The van der Waals surface area contributed by atoms with Crippen LogP contribution in [0.2, 0.25) is 0 Å². The Balaban J connectivity index is 2.13. The fourth-order valence-corrected chi connectivity index (χ4v) is 3.39. The lowest BCUT2D eigenvalue weighted by Crippen LogP contribution is -2.41. The summed E-state index contributed by atoms with van der Waals surface area (Å²) in [5.41, 5.74) is 2.12. The zero-order valence-corrected chi connectivity index (χ0v) is 13.4. The van der Waals surface area contributed by atoms with Crippen LogP contribution in [0, 0.1) is 5.41 Å². The van der Waals surface area contributed by atoms with Crippen LogP contribution in [0.5, 0.6) is 0 Å². The molecule has 0 saturated carbocycles. The highest BCUT2D eigenvalue weighted by atomic mass is 16.7. The highest BCUT2D eigenvalue weighted by Gasteiger charge is 2.37. The van der Waals surface area contributed by atoms with E-state index in [-0.39, 0.29) is 17.6 Å². The lowest BCUT2D eigenvalue weighted by molar-refractivity contribution is -0.268. The van der Waals surface area contributed by atoms with E-state index in [4.69, 9.17) is 9.47 Å². The van der Waals surface area contributed by atoms with E-state index in [0.29, 0.717) is 26.1 Å². The van der Waals surface area contributed by atoms with E-state index in [2.05, 4.69) is 13.8 Å². The number of aldehydes is 1. The van der Waals surface area contributed by atoms with E-state index in [1.54, 1.807) is 0 Å². The fraction of sp³-hybridized carbons (Fsp3) is 0.765. The van der Waals surface area contributed by atoms with Crippen LogP contribution in [-0.4, -0.2) is 31.1 Å². The number of carbonyl (C=O) groups is 2. The summed E-state index contributed by atoms with van der Waals surface area (Å²) in [6.45, 7) is 7.57. The highest BCUT2D eigenvalue weighted by Crippen LogP contribution is 2.42. The first-order valence-electron chi connectivity index (χ1n) is 7.85. The van der Waals surface area contributed by atoms with Crippen LogP contribution in [0.3, 0.4) is 0 Å². The SMILES string of the molecule is CC1=C(CCC2(CC=O)OCCCO2)C(C)(C)CCC1=O. The zero-order chi connectivity index (χ0) is 15.5. The van der Waals surface area contributed by atoms with E-state index in [1.165, 1.54) is 5.57 Å². The molecule has 0 radical (unpaired) electrons. The van der Waals surface area contributed by atoms with Crippen molar-refractivity contribution in [1.82, 2.24) is 0 Å². The van der Waals surface area contributed by atoms with Crippen molar-refractivity contribution < 1.29 is 19.1 Å². The smallest absolute Gasteiger partial charge is 0.175 e. The molecule has 0 aromatic heterocycles. The van der Waals surface area contributed by atoms with E-state index in [0.717, 1.165) is 31.1 Å². The second kappa shape index (κ2) is 6.41. The minimum absolute atomic E-state index is 0.0367. The number of ketones is 1. The molecule has 21 heavy (non-hydrogen) atoms. The molecule has 0 N–H and O–H groups in total. The molecular formula is C17H26O4. The topological polar surface area (TPSA) is 52.6 Å². The predicted octanol–water partition coefficient (Wildman–Crippen LogP) is 3.19. The minimum atomic E-state index is -0.788. The molecule has 2 aliphatic rings. The molecule has 1 aliphatic heterocycles. The van der Waals surface area contributed by atoms with Gasteiger partial charge in [-0.05, 0) is 37.2 Å². The van der Waals surface area contributed by atoms with Gasteiger partial charge in [0.05, 0.1) is 19.6 Å². The molecule has 0 aromatic rings. The largest absolute Gasteiger partial charge is 0.349 e. The normalized spacial score (nSPS) is 25.0.